The Kier molecular flexibility index (Phi) is 2.02. The normalized spacial score (nSPS) is 32.9. The Hall–Kier alpha value is -1.39. The van der Waals surface area contributed by atoms with E-state index in [2.05, 4.69) is 10.1 Å². The summed E-state index contributed by atoms with van der Waals surface area (Å²) >= 11 is 0. The number of hydrogen-bond acceptors (Lipinski definition) is 4. The Balaban J connectivity index is 1.92. The molecule has 16 heavy (non-hydrogen) atoms. The van der Waals surface area contributed by atoms with Crippen molar-refractivity contribution in [1.82, 2.24) is 10.1 Å². The van der Waals surface area contributed by atoms with Gasteiger partial charge in [0.1, 0.15) is 0 Å². The van der Waals surface area contributed by atoms with E-state index in [0.29, 0.717) is 5.89 Å². The van der Waals surface area contributed by atoms with Gasteiger partial charge in [0.15, 0.2) is 0 Å². The van der Waals surface area contributed by atoms with Crippen LogP contribution >= 0.6 is 0 Å². The standard InChI is InChI=1S/C11H14N2O3/c14-9(15)8-12-10(16-13-8)11-4-1-7(2-5-11)3-6-11/h7H,1-6H2,(H,14,15). The molecular weight excluding hydrogens is 208 g/mol. The second-order valence-corrected chi connectivity index (χ2v) is 4.99. The minimum atomic E-state index is -1.11. The zero-order valence-electron chi connectivity index (χ0n) is 8.98. The number of carboxylic acids is 1. The van der Waals surface area contributed by atoms with Gasteiger partial charge in [-0.25, -0.2) is 4.79 Å². The van der Waals surface area contributed by atoms with Crippen LogP contribution in [0.3, 0.4) is 0 Å². The Morgan fingerprint density at radius 1 is 1.31 bits per heavy atom. The smallest absolute Gasteiger partial charge is 0.377 e. The van der Waals surface area contributed by atoms with Crippen LogP contribution in [0, 0.1) is 5.92 Å². The highest BCUT2D eigenvalue weighted by molar-refractivity contribution is 5.82. The fourth-order valence-electron chi connectivity index (χ4n) is 3.10. The molecule has 86 valence electrons. The fourth-order valence-corrected chi connectivity index (χ4v) is 3.10. The lowest BCUT2D eigenvalue weighted by Gasteiger charge is -2.43. The third-order valence-electron chi connectivity index (χ3n) is 4.16. The maximum absolute atomic E-state index is 10.7. The summed E-state index contributed by atoms with van der Waals surface area (Å²) in [5, 5.41) is 12.3. The zero-order chi connectivity index (χ0) is 11.2. The number of hydrogen-bond donors (Lipinski definition) is 1. The number of carboxylic acid groups (broad SMARTS) is 1. The molecule has 3 saturated carbocycles. The van der Waals surface area contributed by atoms with Gasteiger partial charge < -0.3 is 9.63 Å². The maximum atomic E-state index is 10.7. The van der Waals surface area contributed by atoms with Gasteiger partial charge in [0.2, 0.25) is 5.89 Å². The van der Waals surface area contributed by atoms with Crippen LogP contribution in [-0.2, 0) is 5.41 Å². The van der Waals surface area contributed by atoms with Crippen molar-refractivity contribution in [3.8, 4) is 0 Å². The monoisotopic (exact) mass is 222 g/mol. The maximum Gasteiger partial charge on any atom is 0.377 e. The van der Waals surface area contributed by atoms with Gasteiger partial charge in [0.05, 0.1) is 0 Å². The molecule has 3 aliphatic rings. The minimum Gasteiger partial charge on any atom is -0.475 e. The van der Waals surface area contributed by atoms with E-state index in [9.17, 15) is 4.79 Å². The summed E-state index contributed by atoms with van der Waals surface area (Å²) in [6.45, 7) is 0. The summed E-state index contributed by atoms with van der Waals surface area (Å²) in [4.78, 5) is 14.7. The highest BCUT2D eigenvalue weighted by atomic mass is 16.5. The van der Waals surface area contributed by atoms with Crippen molar-refractivity contribution in [3.63, 3.8) is 0 Å². The van der Waals surface area contributed by atoms with Crippen molar-refractivity contribution in [2.75, 3.05) is 0 Å². The van der Waals surface area contributed by atoms with Crippen LogP contribution in [0.15, 0.2) is 4.52 Å². The van der Waals surface area contributed by atoms with Gasteiger partial charge in [0, 0.05) is 5.41 Å². The average Bonchev–Trinajstić information content (AvgIpc) is 2.81. The Morgan fingerprint density at radius 2 is 1.94 bits per heavy atom. The molecule has 2 bridgehead atoms. The van der Waals surface area contributed by atoms with Gasteiger partial charge in [-0.3, -0.25) is 0 Å². The summed E-state index contributed by atoms with van der Waals surface area (Å²) in [7, 11) is 0. The molecule has 0 unspecified atom stereocenters. The van der Waals surface area contributed by atoms with E-state index in [-0.39, 0.29) is 11.2 Å². The Bertz CT molecular complexity index is 405. The van der Waals surface area contributed by atoms with Crippen molar-refractivity contribution < 1.29 is 14.4 Å². The van der Waals surface area contributed by atoms with Crippen LogP contribution in [0.25, 0.3) is 0 Å². The molecule has 0 aliphatic heterocycles. The van der Waals surface area contributed by atoms with Gasteiger partial charge in [-0.2, -0.15) is 4.98 Å². The van der Waals surface area contributed by atoms with Crippen LogP contribution in [0.1, 0.15) is 55.0 Å². The molecule has 5 heteroatoms. The van der Waals surface area contributed by atoms with E-state index in [4.69, 9.17) is 9.63 Å². The van der Waals surface area contributed by atoms with E-state index >= 15 is 0 Å². The van der Waals surface area contributed by atoms with Gasteiger partial charge in [-0.05, 0) is 49.6 Å². The molecule has 3 fully saturated rings. The highest BCUT2D eigenvalue weighted by Gasteiger charge is 2.45. The average molecular weight is 222 g/mol. The first-order chi connectivity index (χ1) is 7.70. The van der Waals surface area contributed by atoms with Gasteiger partial charge in [-0.15, -0.1) is 0 Å². The summed E-state index contributed by atoms with van der Waals surface area (Å²) in [6, 6.07) is 0. The predicted molar refractivity (Wildman–Crippen MR) is 54.1 cm³/mol. The summed E-state index contributed by atoms with van der Waals surface area (Å²) in [6.07, 6.45) is 6.84. The van der Waals surface area contributed by atoms with E-state index in [0.717, 1.165) is 25.2 Å². The first-order valence-corrected chi connectivity index (χ1v) is 5.77. The number of rotatable bonds is 2. The molecule has 0 spiro atoms. The third-order valence-corrected chi connectivity index (χ3v) is 4.16. The predicted octanol–water partition coefficient (Wildman–Crippen LogP) is 1.99. The quantitative estimate of drug-likeness (QED) is 0.828. The molecule has 1 aromatic heterocycles. The molecule has 1 heterocycles. The molecule has 4 rings (SSSR count). The number of nitrogens with zero attached hydrogens (tertiary/aromatic N) is 2. The van der Waals surface area contributed by atoms with Crippen molar-refractivity contribution in [2.24, 2.45) is 5.92 Å². The highest BCUT2D eigenvalue weighted by Crippen LogP contribution is 2.51. The summed E-state index contributed by atoms with van der Waals surface area (Å²) < 4.78 is 5.14. The summed E-state index contributed by atoms with van der Waals surface area (Å²) in [5.74, 6) is 0.0831. The van der Waals surface area contributed by atoms with Crippen LogP contribution in [0.4, 0.5) is 0 Å². The van der Waals surface area contributed by atoms with Gasteiger partial charge in [0.25, 0.3) is 5.82 Å². The fraction of sp³-hybridized carbons (Fsp3) is 0.727. The minimum absolute atomic E-state index is 0.0184. The second-order valence-electron chi connectivity index (χ2n) is 4.99. The molecule has 0 atom stereocenters. The zero-order valence-corrected chi connectivity index (χ0v) is 8.98. The lowest BCUT2D eigenvalue weighted by Crippen LogP contribution is -2.37. The molecule has 5 nitrogen and oxygen atoms in total. The lowest BCUT2D eigenvalue weighted by molar-refractivity contribution is 0.0680. The van der Waals surface area contributed by atoms with Crippen molar-refractivity contribution in [1.29, 1.82) is 0 Å². The van der Waals surface area contributed by atoms with Crippen molar-refractivity contribution in [2.45, 2.75) is 43.9 Å². The Morgan fingerprint density at radius 3 is 2.44 bits per heavy atom. The van der Waals surface area contributed by atoms with Gasteiger partial charge >= 0.3 is 5.97 Å². The second kappa shape index (κ2) is 3.30. The first kappa shape index (κ1) is 9.81. The largest absolute Gasteiger partial charge is 0.475 e. The SMILES string of the molecule is O=C(O)c1noc(C23CCC(CC2)CC3)n1. The lowest BCUT2D eigenvalue weighted by atomic mass is 9.60. The van der Waals surface area contributed by atoms with Gasteiger partial charge in [-0.1, -0.05) is 0 Å². The first-order valence-electron chi connectivity index (χ1n) is 5.77. The van der Waals surface area contributed by atoms with Crippen molar-refractivity contribution >= 4 is 5.97 Å². The molecule has 0 saturated heterocycles. The number of aromatic carboxylic acids is 1. The van der Waals surface area contributed by atoms with Crippen LogP contribution in [0.2, 0.25) is 0 Å². The van der Waals surface area contributed by atoms with Crippen LogP contribution in [0.5, 0.6) is 0 Å². The number of carbonyl (C=O) groups is 1. The molecule has 1 N–H and O–H groups in total. The molecule has 0 aromatic carbocycles. The van der Waals surface area contributed by atoms with E-state index < -0.39 is 5.97 Å². The summed E-state index contributed by atoms with van der Waals surface area (Å²) in [5.41, 5.74) is -0.0184. The van der Waals surface area contributed by atoms with Crippen molar-refractivity contribution in [3.05, 3.63) is 11.7 Å². The van der Waals surface area contributed by atoms with E-state index in [1.165, 1.54) is 19.3 Å². The van der Waals surface area contributed by atoms with E-state index in [1.54, 1.807) is 0 Å². The third kappa shape index (κ3) is 1.34. The topological polar surface area (TPSA) is 76.2 Å². The molecule has 3 aliphatic carbocycles. The Labute approximate surface area is 92.8 Å². The molecule has 0 amide bonds. The number of fused-ring (bicyclic) bond motifs is 3. The molecular formula is C11H14N2O3. The van der Waals surface area contributed by atoms with Crippen LogP contribution in [-0.4, -0.2) is 21.2 Å². The van der Waals surface area contributed by atoms with Crippen LogP contribution < -0.4 is 0 Å². The van der Waals surface area contributed by atoms with E-state index in [1.807, 2.05) is 0 Å². The molecule has 1 aromatic rings. The molecule has 0 radical (unpaired) electrons. The number of aromatic nitrogens is 2.